The van der Waals surface area contributed by atoms with Crippen LogP contribution in [-0.2, 0) is 4.79 Å². The summed E-state index contributed by atoms with van der Waals surface area (Å²) in [5.41, 5.74) is 2.11. The molecule has 0 radical (unpaired) electrons. The number of aliphatic hydroxyl groups is 1. The van der Waals surface area contributed by atoms with E-state index in [9.17, 15) is 9.90 Å². The number of hydrogen-bond donors (Lipinski definition) is 1. The van der Waals surface area contributed by atoms with Gasteiger partial charge in [-0.3, -0.25) is 4.79 Å². The molecule has 0 aromatic heterocycles. The number of aliphatic hydroxyl groups excluding tert-OH is 1. The fraction of sp³-hybridized carbons (Fsp3) is 0.857. The number of carbonyl (C=O) groups is 1. The maximum atomic E-state index is 12.2. The lowest BCUT2D eigenvalue weighted by atomic mass is 9.47. The summed E-state index contributed by atoms with van der Waals surface area (Å²) >= 11 is 0. The molecule has 2 unspecified atom stereocenters. The summed E-state index contributed by atoms with van der Waals surface area (Å²) in [4.78, 5) is 12.2. The van der Waals surface area contributed by atoms with Crippen LogP contribution in [0.2, 0.25) is 0 Å². The van der Waals surface area contributed by atoms with Crippen molar-refractivity contribution in [3.63, 3.8) is 0 Å². The number of Topliss-reactive ketones (excluding diaryl/α,β-unsaturated/α-hetero) is 1. The molecular weight excluding hydrogens is 284 g/mol. The lowest BCUT2D eigenvalue weighted by Crippen LogP contribution is -2.50. The zero-order valence-corrected chi connectivity index (χ0v) is 15.0. The highest BCUT2D eigenvalue weighted by Gasteiger charge is 2.59. The number of ketones is 1. The van der Waals surface area contributed by atoms with Crippen molar-refractivity contribution in [3.8, 4) is 0 Å². The average Bonchev–Trinajstić information content (AvgIpc) is 2.85. The largest absolute Gasteiger partial charge is 0.393 e. The van der Waals surface area contributed by atoms with Gasteiger partial charge in [0.05, 0.1) is 6.10 Å². The van der Waals surface area contributed by atoms with Gasteiger partial charge in [-0.25, -0.2) is 0 Å². The molecular formula is C21H32O2. The third kappa shape index (κ3) is 2.13. The van der Waals surface area contributed by atoms with Gasteiger partial charge in [0.15, 0.2) is 0 Å². The Kier molecular flexibility index (Phi) is 3.58. The molecule has 0 heterocycles. The number of hydrogen-bond acceptors (Lipinski definition) is 2. The Balaban J connectivity index is 1.66. The molecule has 0 bridgehead atoms. The van der Waals surface area contributed by atoms with E-state index in [0.29, 0.717) is 17.1 Å². The highest BCUT2D eigenvalue weighted by Crippen LogP contribution is 2.66. The van der Waals surface area contributed by atoms with Crippen molar-refractivity contribution in [2.75, 3.05) is 0 Å². The van der Waals surface area contributed by atoms with Gasteiger partial charge in [0.25, 0.3) is 0 Å². The summed E-state index contributed by atoms with van der Waals surface area (Å²) in [6.07, 6.45) is 11.5. The molecule has 7 atom stereocenters. The fourth-order valence-corrected chi connectivity index (χ4v) is 7.31. The highest BCUT2D eigenvalue weighted by atomic mass is 16.3. The average molecular weight is 316 g/mol. The molecule has 4 rings (SSSR count). The van der Waals surface area contributed by atoms with E-state index in [1.165, 1.54) is 25.7 Å². The molecule has 0 amide bonds. The molecule has 1 N–H and O–H groups in total. The van der Waals surface area contributed by atoms with Crippen molar-refractivity contribution in [1.82, 2.24) is 0 Å². The van der Waals surface area contributed by atoms with E-state index in [2.05, 4.69) is 19.9 Å². The summed E-state index contributed by atoms with van der Waals surface area (Å²) in [5, 5.41) is 10.1. The van der Waals surface area contributed by atoms with Crippen LogP contribution in [0.25, 0.3) is 0 Å². The first-order valence-corrected chi connectivity index (χ1v) is 9.74. The van der Waals surface area contributed by atoms with Crippen LogP contribution in [0.5, 0.6) is 0 Å². The Morgan fingerprint density at radius 3 is 2.65 bits per heavy atom. The predicted molar refractivity (Wildman–Crippen MR) is 91.9 cm³/mol. The Morgan fingerprint density at radius 1 is 1.13 bits per heavy atom. The Morgan fingerprint density at radius 2 is 1.91 bits per heavy atom. The van der Waals surface area contributed by atoms with Crippen LogP contribution in [0.4, 0.5) is 0 Å². The number of rotatable bonds is 1. The molecule has 23 heavy (non-hydrogen) atoms. The normalized spacial score (nSPS) is 52.2. The molecule has 128 valence electrons. The first kappa shape index (κ1) is 15.9. The summed E-state index contributed by atoms with van der Waals surface area (Å²) in [5.74, 6) is 3.00. The van der Waals surface area contributed by atoms with Gasteiger partial charge in [0.1, 0.15) is 5.78 Å². The smallest absolute Gasteiger partial charge is 0.133 e. The lowest BCUT2D eigenvalue weighted by molar-refractivity contribution is -0.127. The second-order valence-electron chi connectivity index (χ2n) is 9.44. The van der Waals surface area contributed by atoms with E-state index >= 15 is 0 Å². The second-order valence-corrected chi connectivity index (χ2v) is 9.44. The van der Waals surface area contributed by atoms with E-state index in [0.717, 1.165) is 43.4 Å². The Hall–Kier alpha value is -0.630. The first-order valence-electron chi connectivity index (χ1n) is 9.74. The quantitative estimate of drug-likeness (QED) is 0.722. The Labute approximate surface area is 140 Å². The van der Waals surface area contributed by atoms with Crippen LogP contribution in [0.1, 0.15) is 72.1 Å². The van der Waals surface area contributed by atoms with Crippen LogP contribution in [0, 0.1) is 34.5 Å². The second kappa shape index (κ2) is 5.18. The topological polar surface area (TPSA) is 37.3 Å². The summed E-state index contributed by atoms with van der Waals surface area (Å²) in [6.45, 7) is 6.70. The maximum Gasteiger partial charge on any atom is 0.133 e. The van der Waals surface area contributed by atoms with E-state index in [4.69, 9.17) is 0 Å². The summed E-state index contributed by atoms with van der Waals surface area (Å²) in [7, 11) is 0. The van der Waals surface area contributed by atoms with Crippen molar-refractivity contribution in [2.24, 2.45) is 34.5 Å². The molecule has 2 heteroatoms. The third-order valence-electron chi connectivity index (χ3n) is 8.57. The molecule has 0 aromatic carbocycles. The van der Waals surface area contributed by atoms with Gasteiger partial charge in [0, 0.05) is 5.92 Å². The number of carbonyl (C=O) groups excluding carboxylic acids is 1. The molecule has 3 fully saturated rings. The van der Waals surface area contributed by atoms with Crippen molar-refractivity contribution in [3.05, 3.63) is 11.6 Å². The minimum Gasteiger partial charge on any atom is -0.393 e. The minimum atomic E-state index is -0.117. The van der Waals surface area contributed by atoms with Gasteiger partial charge in [-0.05, 0) is 86.9 Å². The maximum absolute atomic E-state index is 12.2. The molecule has 0 spiro atoms. The van der Waals surface area contributed by atoms with Crippen LogP contribution in [0.3, 0.4) is 0 Å². The predicted octanol–water partition coefficient (Wildman–Crippen LogP) is 4.52. The monoisotopic (exact) mass is 316 g/mol. The standard InChI is InChI=1S/C21H32O2/c1-13(22)17-6-7-18-16-5-4-14-12-15(23)8-10-20(14,2)19(16)9-11-21(17,18)3/h4,15-19,23H,5-12H2,1-3H3/t15?,16?,17-,18+,19+,20+,21-/m1/s1. The highest BCUT2D eigenvalue weighted by molar-refractivity contribution is 5.79. The number of allylic oxidation sites excluding steroid dienone is 1. The van der Waals surface area contributed by atoms with E-state index in [1.54, 1.807) is 5.57 Å². The van der Waals surface area contributed by atoms with Crippen molar-refractivity contribution in [2.45, 2.75) is 78.2 Å². The van der Waals surface area contributed by atoms with Crippen LogP contribution in [0.15, 0.2) is 11.6 Å². The van der Waals surface area contributed by atoms with Gasteiger partial charge in [-0.1, -0.05) is 25.5 Å². The number of fused-ring (bicyclic) bond motifs is 5. The summed E-state index contributed by atoms with van der Waals surface area (Å²) in [6, 6.07) is 0. The molecule has 0 aliphatic heterocycles. The zero-order chi connectivity index (χ0) is 16.4. The fourth-order valence-electron chi connectivity index (χ4n) is 7.31. The van der Waals surface area contributed by atoms with E-state index in [-0.39, 0.29) is 11.5 Å². The molecule has 0 saturated heterocycles. The van der Waals surface area contributed by atoms with Gasteiger partial charge >= 0.3 is 0 Å². The van der Waals surface area contributed by atoms with E-state index < -0.39 is 0 Å². The van der Waals surface area contributed by atoms with Crippen molar-refractivity contribution < 1.29 is 9.90 Å². The van der Waals surface area contributed by atoms with Gasteiger partial charge < -0.3 is 5.11 Å². The van der Waals surface area contributed by atoms with Crippen LogP contribution in [-0.4, -0.2) is 17.0 Å². The molecule has 0 aromatic rings. The van der Waals surface area contributed by atoms with Crippen molar-refractivity contribution >= 4 is 5.78 Å². The third-order valence-corrected chi connectivity index (χ3v) is 8.57. The van der Waals surface area contributed by atoms with Crippen LogP contribution >= 0.6 is 0 Å². The molecule has 3 saturated carbocycles. The molecule has 2 nitrogen and oxygen atoms in total. The summed E-state index contributed by atoms with van der Waals surface area (Å²) < 4.78 is 0. The zero-order valence-electron chi connectivity index (χ0n) is 15.0. The first-order chi connectivity index (χ1) is 10.9. The van der Waals surface area contributed by atoms with Gasteiger partial charge in [-0.15, -0.1) is 0 Å². The SMILES string of the molecule is CC(=O)[C@H]1CC[C@H]2C3CC=C4CC(O)CC[C@]4(C)[C@H]3CC[C@]12C. The van der Waals surface area contributed by atoms with Crippen LogP contribution < -0.4 is 0 Å². The van der Waals surface area contributed by atoms with Gasteiger partial charge in [-0.2, -0.15) is 0 Å². The Bertz CT molecular complexity index is 550. The van der Waals surface area contributed by atoms with Gasteiger partial charge in [0.2, 0.25) is 0 Å². The molecule has 4 aliphatic carbocycles. The molecule has 4 aliphatic rings. The minimum absolute atomic E-state index is 0.117. The van der Waals surface area contributed by atoms with E-state index in [1.807, 2.05) is 6.92 Å². The van der Waals surface area contributed by atoms with Crippen molar-refractivity contribution in [1.29, 1.82) is 0 Å². The lowest BCUT2D eigenvalue weighted by Gasteiger charge is -2.57.